The summed E-state index contributed by atoms with van der Waals surface area (Å²) < 4.78 is 39.3. The summed E-state index contributed by atoms with van der Waals surface area (Å²) in [6, 6.07) is 1.65. The van der Waals surface area contributed by atoms with Gasteiger partial charge in [-0.05, 0) is 6.92 Å². The van der Waals surface area contributed by atoms with E-state index in [4.69, 9.17) is 11.0 Å². The molecule has 1 aromatic rings. The lowest BCUT2D eigenvalue weighted by atomic mass is 10.1. The summed E-state index contributed by atoms with van der Waals surface area (Å²) in [6.07, 6.45) is -3.98. The van der Waals surface area contributed by atoms with Gasteiger partial charge >= 0.3 is 6.36 Å². The van der Waals surface area contributed by atoms with Crippen LogP contribution in [0, 0.1) is 18.3 Å². The maximum absolute atomic E-state index is 11.9. The number of rotatable bonds is 1. The standard InChI is InChI=1S/C8H6F3N3O/c1-4-5(2-12)7(13)14-3-6(4)15-8(9,10)11/h3H,1H3,(H2,13,14). The highest BCUT2D eigenvalue weighted by atomic mass is 19.4. The highest BCUT2D eigenvalue weighted by molar-refractivity contribution is 5.56. The van der Waals surface area contributed by atoms with Gasteiger partial charge in [0, 0.05) is 5.56 Å². The predicted octanol–water partition coefficient (Wildman–Crippen LogP) is 1.74. The Labute approximate surface area is 83.1 Å². The molecule has 0 aliphatic heterocycles. The minimum Gasteiger partial charge on any atom is -0.404 e. The molecule has 1 heterocycles. The lowest BCUT2D eigenvalue weighted by Gasteiger charge is -2.11. The minimum absolute atomic E-state index is 0.0160. The van der Waals surface area contributed by atoms with Gasteiger partial charge in [-0.3, -0.25) is 0 Å². The smallest absolute Gasteiger partial charge is 0.404 e. The molecule has 0 radical (unpaired) electrons. The van der Waals surface area contributed by atoms with Crippen LogP contribution in [0.1, 0.15) is 11.1 Å². The first kappa shape index (κ1) is 11.1. The molecule has 0 amide bonds. The van der Waals surface area contributed by atoms with E-state index in [2.05, 4.69) is 9.72 Å². The Morgan fingerprint density at radius 1 is 1.53 bits per heavy atom. The number of nitrogens with zero attached hydrogens (tertiary/aromatic N) is 2. The zero-order valence-electron chi connectivity index (χ0n) is 7.59. The van der Waals surface area contributed by atoms with E-state index < -0.39 is 12.1 Å². The molecule has 0 spiro atoms. The molecule has 0 atom stereocenters. The van der Waals surface area contributed by atoms with Crippen molar-refractivity contribution in [1.29, 1.82) is 5.26 Å². The fourth-order valence-electron chi connectivity index (χ4n) is 0.974. The Kier molecular flexibility index (Phi) is 2.70. The molecule has 1 rings (SSSR count). The molecule has 0 bridgehead atoms. The first-order chi connectivity index (χ1) is 6.85. The number of alkyl halides is 3. The second-order valence-corrected chi connectivity index (χ2v) is 2.67. The number of pyridine rings is 1. The van der Waals surface area contributed by atoms with Crippen molar-refractivity contribution in [1.82, 2.24) is 4.98 Å². The molecule has 0 saturated carbocycles. The Morgan fingerprint density at radius 2 is 2.13 bits per heavy atom. The van der Waals surface area contributed by atoms with Crippen LogP contribution in [0.15, 0.2) is 6.20 Å². The maximum Gasteiger partial charge on any atom is 0.573 e. The van der Waals surface area contributed by atoms with E-state index in [-0.39, 0.29) is 16.9 Å². The van der Waals surface area contributed by atoms with Crippen LogP contribution in [0.3, 0.4) is 0 Å². The van der Waals surface area contributed by atoms with Gasteiger partial charge < -0.3 is 10.5 Å². The molecule has 0 aliphatic rings. The number of nitrogens with two attached hydrogens (primary N) is 1. The molecule has 0 aromatic carbocycles. The van der Waals surface area contributed by atoms with Crippen molar-refractivity contribution in [2.45, 2.75) is 13.3 Å². The third kappa shape index (κ3) is 2.49. The van der Waals surface area contributed by atoms with Crippen LogP contribution in [0.4, 0.5) is 19.0 Å². The van der Waals surface area contributed by atoms with Crippen molar-refractivity contribution in [2.24, 2.45) is 0 Å². The number of nitriles is 1. The molecule has 4 nitrogen and oxygen atoms in total. The molecule has 0 saturated heterocycles. The van der Waals surface area contributed by atoms with E-state index in [0.29, 0.717) is 0 Å². The summed E-state index contributed by atoms with van der Waals surface area (Å²) in [6.45, 7) is 1.30. The molecular formula is C8H6F3N3O. The van der Waals surface area contributed by atoms with E-state index in [0.717, 1.165) is 6.20 Å². The molecular weight excluding hydrogens is 211 g/mol. The van der Waals surface area contributed by atoms with Gasteiger partial charge in [-0.15, -0.1) is 13.2 Å². The van der Waals surface area contributed by atoms with Crippen molar-refractivity contribution in [3.05, 3.63) is 17.3 Å². The van der Waals surface area contributed by atoms with Gasteiger partial charge in [0.25, 0.3) is 0 Å². The van der Waals surface area contributed by atoms with Gasteiger partial charge in [-0.25, -0.2) is 4.98 Å². The van der Waals surface area contributed by atoms with E-state index in [1.807, 2.05) is 0 Å². The molecule has 1 aromatic heterocycles. The number of hydrogen-bond donors (Lipinski definition) is 1. The van der Waals surface area contributed by atoms with Gasteiger partial charge in [0.15, 0.2) is 5.75 Å². The van der Waals surface area contributed by atoms with Crippen LogP contribution in [0.25, 0.3) is 0 Å². The summed E-state index contributed by atoms with van der Waals surface area (Å²) in [4.78, 5) is 3.43. The van der Waals surface area contributed by atoms with Crippen LogP contribution in [0.2, 0.25) is 0 Å². The molecule has 80 valence electrons. The lowest BCUT2D eigenvalue weighted by Crippen LogP contribution is -2.18. The second-order valence-electron chi connectivity index (χ2n) is 2.67. The number of halogens is 3. The van der Waals surface area contributed by atoms with E-state index in [1.54, 1.807) is 6.07 Å². The minimum atomic E-state index is -4.81. The van der Waals surface area contributed by atoms with Gasteiger partial charge in [0.05, 0.1) is 6.20 Å². The van der Waals surface area contributed by atoms with Crippen molar-refractivity contribution < 1.29 is 17.9 Å². The first-order valence-corrected chi connectivity index (χ1v) is 3.76. The van der Waals surface area contributed by atoms with E-state index in [9.17, 15) is 13.2 Å². The van der Waals surface area contributed by atoms with E-state index >= 15 is 0 Å². The summed E-state index contributed by atoms with van der Waals surface area (Å²) >= 11 is 0. The number of anilines is 1. The van der Waals surface area contributed by atoms with Crippen LogP contribution in [0.5, 0.6) is 5.75 Å². The average molecular weight is 217 g/mol. The third-order valence-corrected chi connectivity index (χ3v) is 1.66. The van der Waals surface area contributed by atoms with Gasteiger partial charge in [-0.2, -0.15) is 5.26 Å². The molecule has 0 fully saturated rings. The van der Waals surface area contributed by atoms with Gasteiger partial charge in [-0.1, -0.05) is 0 Å². The predicted molar refractivity (Wildman–Crippen MR) is 44.8 cm³/mol. The number of ether oxygens (including phenoxy) is 1. The SMILES string of the molecule is Cc1c(OC(F)(F)F)cnc(N)c1C#N. The van der Waals surface area contributed by atoms with Crippen LogP contribution >= 0.6 is 0 Å². The zero-order chi connectivity index (χ0) is 11.6. The van der Waals surface area contributed by atoms with Crippen molar-refractivity contribution in [3.63, 3.8) is 0 Å². The Balaban J connectivity index is 3.18. The number of nitrogen functional groups attached to an aromatic ring is 1. The molecule has 2 N–H and O–H groups in total. The largest absolute Gasteiger partial charge is 0.573 e. The fourth-order valence-corrected chi connectivity index (χ4v) is 0.974. The quantitative estimate of drug-likeness (QED) is 0.777. The van der Waals surface area contributed by atoms with Crippen molar-refractivity contribution >= 4 is 5.82 Å². The third-order valence-electron chi connectivity index (χ3n) is 1.66. The Morgan fingerprint density at radius 3 is 2.60 bits per heavy atom. The Bertz CT molecular complexity index is 422. The number of hydrogen-bond acceptors (Lipinski definition) is 4. The average Bonchev–Trinajstić information content (AvgIpc) is 2.09. The topological polar surface area (TPSA) is 71.9 Å². The van der Waals surface area contributed by atoms with Crippen LogP contribution < -0.4 is 10.5 Å². The summed E-state index contributed by atoms with van der Waals surface area (Å²) in [7, 11) is 0. The van der Waals surface area contributed by atoms with Crippen molar-refractivity contribution in [2.75, 3.05) is 5.73 Å². The van der Waals surface area contributed by atoms with Crippen molar-refractivity contribution in [3.8, 4) is 11.8 Å². The number of aromatic nitrogens is 1. The molecule has 15 heavy (non-hydrogen) atoms. The lowest BCUT2D eigenvalue weighted by molar-refractivity contribution is -0.274. The van der Waals surface area contributed by atoms with Crippen LogP contribution in [-0.2, 0) is 0 Å². The fraction of sp³-hybridized carbons (Fsp3) is 0.250. The summed E-state index contributed by atoms with van der Waals surface area (Å²) in [5.74, 6) is -0.641. The molecule has 0 aliphatic carbocycles. The maximum atomic E-state index is 11.9. The monoisotopic (exact) mass is 217 g/mol. The highest BCUT2D eigenvalue weighted by Gasteiger charge is 2.32. The van der Waals surface area contributed by atoms with E-state index in [1.165, 1.54) is 6.92 Å². The van der Waals surface area contributed by atoms with Gasteiger partial charge in [0.1, 0.15) is 17.5 Å². The van der Waals surface area contributed by atoms with Gasteiger partial charge in [0.2, 0.25) is 0 Å². The zero-order valence-corrected chi connectivity index (χ0v) is 7.59. The molecule has 0 unspecified atom stereocenters. The van der Waals surface area contributed by atoms with Crippen LogP contribution in [-0.4, -0.2) is 11.3 Å². The molecule has 7 heteroatoms. The summed E-state index contributed by atoms with van der Waals surface area (Å²) in [5, 5.41) is 8.62. The first-order valence-electron chi connectivity index (χ1n) is 3.76. The Hall–Kier alpha value is -1.97. The summed E-state index contributed by atoms with van der Waals surface area (Å²) in [5.41, 5.74) is 5.20. The second kappa shape index (κ2) is 3.65. The highest BCUT2D eigenvalue weighted by Crippen LogP contribution is 2.28. The normalized spacial score (nSPS) is 10.9.